The maximum Gasteiger partial charge on any atom is 0.317 e. The fourth-order valence-corrected chi connectivity index (χ4v) is 2.16. The van der Waals surface area contributed by atoms with Gasteiger partial charge >= 0.3 is 6.03 Å². The monoisotopic (exact) mass is 316 g/mol. The number of nitrogens with zero attached hydrogens (tertiary/aromatic N) is 2. The zero-order chi connectivity index (χ0) is 16.5. The molecule has 0 aliphatic carbocycles. The van der Waals surface area contributed by atoms with E-state index < -0.39 is 0 Å². The molecule has 2 rings (SSSR count). The second kappa shape index (κ2) is 8.82. The summed E-state index contributed by atoms with van der Waals surface area (Å²) in [5.74, 6) is 0.872. The molecule has 23 heavy (non-hydrogen) atoms. The molecule has 2 aromatic rings. The van der Waals surface area contributed by atoms with Crippen molar-refractivity contribution in [1.29, 1.82) is 0 Å². The van der Waals surface area contributed by atoms with Gasteiger partial charge in [-0.05, 0) is 43.0 Å². The SMILES string of the molecule is Cc1cccc(OCCCN(C)C(=O)NCCc2cn[nH]c2)c1. The first kappa shape index (κ1) is 16.9. The Labute approximate surface area is 136 Å². The van der Waals surface area contributed by atoms with Gasteiger partial charge in [0.05, 0.1) is 12.8 Å². The van der Waals surface area contributed by atoms with Crippen LogP contribution in [0.1, 0.15) is 17.5 Å². The molecule has 0 fully saturated rings. The number of H-pyrrole nitrogens is 1. The molecule has 124 valence electrons. The number of hydrogen-bond donors (Lipinski definition) is 2. The van der Waals surface area contributed by atoms with E-state index >= 15 is 0 Å². The smallest absolute Gasteiger partial charge is 0.317 e. The van der Waals surface area contributed by atoms with Crippen LogP contribution >= 0.6 is 0 Å². The molecule has 0 aliphatic heterocycles. The van der Waals surface area contributed by atoms with Crippen molar-refractivity contribution in [2.75, 3.05) is 26.7 Å². The molecule has 0 aliphatic rings. The van der Waals surface area contributed by atoms with Crippen LogP contribution in [0.2, 0.25) is 0 Å². The van der Waals surface area contributed by atoms with E-state index in [4.69, 9.17) is 4.74 Å². The zero-order valence-electron chi connectivity index (χ0n) is 13.7. The molecule has 0 saturated heterocycles. The number of carbonyl (C=O) groups is 1. The maximum atomic E-state index is 11.9. The molecule has 1 aromatic heterocycles. The third-order valence-corrected chi connectivity index (χ3v) is 3.49. The topological polar surface area (TPSA) is 70.2 Å². The van der Waals surface area contributed by atoms with Gasteiger partial charge in [-0.2, -0.15) is 5.10 Å². The maximum absolute atomic E-state index is 11.9. The van der Waals surface area contributed by atoms with Gasteiger partial charge in [-0.15, -0.1) is 0 Å². The number of urea groups is 1. The summed E-state index contributed by atoms with van der Waals surface area (Å²) in [5.41, 5.74) is 2.26. The third-order valence-electron chi connectivity index (χ3n) is 3.49. The van der Waals surface area contributed by atoms with Gasteiger partial charge in [0.15, 0.2) is 0 Å². The zero-order valence-corrected chi connectivity index (χ0v) is 13.7. The van der Waals surface area contributed by atoms with Gasteiger partial charge in [-0.3, -0.25) is 5.10 Å². The fourth-order valence-electron chi connectivity index (χ4n) is 2.16. The summed E-state index contributed by atoms with van der Waals surface area (Å²) in [5, 5.41) is 9.52. The first-order chi connectivity index (χ1) is 11.1. The Morgan fingerprint density at radius 1 is 1.43 bits per heavy atom. The van der Waals surface area contributed by atoms with Gasteiger partial charge in [0, 0.05) is 26.3 Å². The van der Waals surface area contributed by atoms with E-state index in [1.54, 1.807) is 18.1 Å². The summed E-state index contributed by atoms with van der Waals surface area (Å²) >= 11 is 0. The summed E-state index contributed by atoms with van der Waals surface area (Å²) in [6.07, 6.45) is 5.16. The first-order valence-corrected chi connectivity index (χ1v) is 7.81. The summed E-state index contributed by atoms with van der Waals surface area (Å²) < 4.78 is 5.68. The van der Waals surface area contributed by atoms with E-state index in [0.29, 0.717) is 19.7 Å². The highest BCUT2D eigenvalue weighted by Crippen LogP contribution is 2.12. The van der Waals surface area contributed by atoms with Crippen molar-refractivity contribution < 1.29 is 9.53 Å². The summed E-state index contributed by atoms with van der Waals surface area (Å²) in [6, 6.07) is 7.90. The predicted octanol–water partition coefficient (Wildman–Crippen LogP) is 2.37. The molecule has 1 heterocycles. The number of rotatable bonds is 8. The number of aromatic amines is 1. The lowest BCUT2D eigenvalue weighted by Gasteiger charge is -2.18. The Morgan fingerprint density at radius 3 is 3.04 bits per heavy atom. The summed E-state index contributed by atoms with van der Waals surface area (Å²) in [7, 11) is 1.79. The summed E-state index contributed by atoms with van der Waals surface area (Å²) in [6.45, 7) is 3.89. The molecule has 6 nitrogen and oxygen atoms in total. The van der Waals surface area contributed by atoms with Gasteiger partial charge in [0.2, 0.25) is 0 Å². The average molecular weight is 316 g/mol. The first-order valence-electron chi connectivity index (χ1n) is 7.81. The van der Waals surface area contributed by atoms with Crippen molar-refractivity contribution in [1.82, 2.24) is 20.4 Å². The van der Waals surface area contributed by atoms with E-state index in [1.807, 2.05) is 37.4 Å². The van der Waals surface area contributed by atoms with Crippen LogP contribution in [-0.2, 0) is 6.42 Å². The van der Waals surface area contributed by atoms with Crippen LogP contribution in [-0.4, -0.2) is 47.9 Å². The third kappa shape index (κ3) is 6.02. The van der Waals surface area contributed by atoms with E-state index in [9.17, 15) is 4.79 Å². The lowest BCUT2D eigenvalue weighted by Crippen LogP contribution is -2.39. The molecule has 6 heteroatoms. The Bertz CT molecular complexity index is 598. The molecule has 0 bridgehead atoms. The predicted molar refractivity (Wildman–Crippen MR) is 89.6 cm³/mol. The number of aromatic nitrogens is 2. The Morgan fingerprint density at radius 2 is 2.30 bits per heavy atom. The standard InChI is InChI=1S/C17H24N4O2/c1-14-5-3-6-16(11-14)23-10-4-9-21(2)17(22)18-8-7-15-12-19-20-13-15/h3,5-6,11-13H,4,7-10H2,1-2H3,(H,18,22)(H,19,20). The van der Waals surface area contributed by atoms with Crippen molar-refractivity contribution in [3.05, 3.63) is 47.8 Å². The van der Waals surface area contributed by atoms with Gasteiger partial charge in [0.1, 0.15) is 5.75 Å². The fraction of sp³-hybridized carbons (Fsp3) is 0.412. The molecule has 0 unspecified atom stereocenters. The number of hydrogen-bond acceptors (Lipinski definition) is 3. The Kier molecular flexibility index (Phi) is 6.47. The van der Waals surface area contributed by atoms with Crippen LogP contribution in [0.25, 0.3) is 0 Å². The van der Waals surface area contributed by atoms with Crippen molar-refractivity contribution in [3.63, 3.8) is 0 Å². The molecule has 0 saturated carbocycles. The molecular formula is C17H24N4O2. The second-order valence-corrected chi connectivity index (χ2v) is 5.53. The molecule has 2 N–H and O–H groups in total. The number of benzene rings is 1. The van der Waals surface area contributed by atoms with Crippen molar-refractivity contribution >= 4 is 6.03 Å². The number of ether oxygens (including phenoxy) is 1. The molecule has 0 spiro atoms. The van der Waals surface area contributed by atoms with Crippen LogP contribution in [0, 0.1) is 6.92 Å². The highest BCUT2D eigenvalue weighted by molar-refractivity contribution is 5.73. The minimum absolute atomic E-state index is 0.0657. The van der Waals surface area contributed by atoms with Crippen LogP contribution in [0.15, 0.2) is 36.7 Å². The van der Waals surface area contributed by atoms with Crippen LogP contribution in [0.4, 0.5) is 4.79 Å². The van der Waals surface area contributed by atoms with E-state index in [2.05, 4.69) is 15.5 Å². The van der Waals surface area contributed by atoms with Crippen molar-refractivity contribution in [2.24, 2.45) is 0 Å². The van der Waals surface area contributed by atoms with Gasteiger partial charge in [0.25, 0.3) is 0 Å². The lowest BCUT2D eigenvalue weighted by atomic mass is 10.2. The second-order valence-electron chi connectivity index (χ2n) is 5.53. The highest BCUT2D eigenvalue weighted by atomic mass is 16.5. The van der Waals surface area contributed by atoms with Crippen molar-refractivity contribution in [3.8, 4) is 5.75 Å². The van der Waals surface area contributed by atoms with Crippen molar-refractivity contribution in [2.45, 2.75) is 19.8 Å². The van der Waals surface area contributed by atoms with Crippen LogP contribution in [0.5, 0.6) is 5.75 Å². The van der Waals surface area contributed by atoms with E-state index in [1.165, 1.54) is 5.56 Å². The molecule has 1 aromatic carbocycles. The molecular weight excluding hydrogens is 292 g/mol. The number of nitrogens with one attached hydrogen (secondary N) is 2. The Hall–Kier alpha value is -2.50. The Balaban J connectivity index is 1.58. The van der Waals surface area contributed by atoms with Crippen LogP contribution in [0.3, 0.4) is 0 Å². The lowest BCUT2D eigenvalue weighted by molar-refractivity contribution is 0.203. The highest BCUT2D eigenvalue weighted by Gasteiger charge is 2.07. The van der Waals surface area contributed by atoms with Crippen LogP contribution < -0.4 is 10.1 Å². The van der Waals surface area contributed by atoms with Gasteiger partial charge in [-0.25, -0.2) is 4.79 Å². The molecule has 0 radical (unpaired) electrons. The average Bonchev–Trinajstić information content (AvgIpc) is 3.04. The molecule has 2 amide bonds. The number of aryl methyl sites for hydroxylation is 1. The quantitative estimate of drug-likeness (QED) is 0.735. The van der Waals surface area contributed by atoms with Gasteiger partial charge < -0.3 is 15.0 Å². The minimum atomic E-state index is -0.0657. The minimum Gasteiger partial charge on any atom is -0.494 e. The van der Waals surface area contributed by atoms with E-state index in [-0.39, 0.29) is 6.03 Å². The van der Waals surface area contributed by atoms with Gasteiger partial charge in [-0.1, -0.05) is 12.1 Å². The number of carbonyl (C=O) groups excluding carboxylic acids is 1. The molecule has 0 atom stereocenters. The largest absolute Gasteiger partial charge is 0.494 e. The van der Waals surface area contributed by atoms with E-state index in [0.717, 1.165) is 24.2 Å². The normalized spacial score (nSPS) is 10.3. The summed E-state index contributed by atoms with van der Waals surface area (Å²) in [4.78, 5) is 13.6. The number of amides is 2.